The summed E-state index contributed by atoms with van der Waals surface area (Å²) in [5.41, 5.74) is 3.83. The van der Waals surface area contributed by atoms with Crippen LogP contribution in [0.4, 0.5) is 11.4 Å². The molecule has 0 spiro atoms. The lowest BCUT2D eigenvalue weighted by molar-refractivity contribution is -0.123. The molecule has 0 aromatic heterocycles. The average Bonchev–Trinajstić information content (AvgIpc) is 2.64. The molecule has 0 aliphatic carbocycles. The highest BCUT2D eigenvalue weighted by Gasteiger charge is 2.09. The van der Waals surface area contributed by atoms with Gasteiger partial charge >= 0.3 is 0 Å². The molecule has 0 radical (unpaired) electrons. The van der Waals surface area contributed by atoms with E-state index in [1.165, 1.54) is 0 Å². The van der Waals surface area contributed by atoms with E-state index >= 15 is 0 Å². The lowest BCUT2D eigenvalue weighted by Crippen LogP contribution is -2.33. The molecule has 0 saturated heterocycles. The van der Waals surface area contributed by atoms with Gasteiger partial charge in [-0.1, -0.05) is 30.3 Å². The lowest BCUT2D eigenvalue weighted by atomic mass is 10.1. The van der Waals surface area contributed by atoms with Crippen molar-refractivity contribution in [3.8, 4) is 0 Å². The Morgan fingerprint density at radius 2 is 1.65 bits per heavy atom. The van der Waals surface area contributed by atoms with E-state index < -0.39 is 0 Å². The van der Waals surface area contributed by atoms with Crippen LogP contribution in [-0.4, -0.2) is 31.4 Å². The monoisotopic (exact) mass is 353 g/mol. The number of nitrogens with one attached hydrogen (secondary N) is 2. The molecule has 0 aliphatic heterocycles. The van der Waals surface area contributed by atoms with E-state index in [9.17, 15) is 9.59 Å². The molecule has 5 heteroatoms. The van der Waals surface area contributed by atoms with E-state index in [2.05, 4.69) is 35.4 Å². The number of carbonyl (C=O) groups excluding carboxylic acids is 2. The Balaban J connectivity index is 1.86. The second kappa shape index (κ2) is 9.61. The number of benzene rings is 2. The van der Waals surface area contributed by atoms with Crippen molar-refractivity contribution >= 4 is 23.2 Å². The van der Waals surface area contributed by atoms with Crippen LogP contribution in [0.3, 0.4) is 0 Å². The number of aryl methyl sites for hydroxylation is 1. The van der Waals surface area contributed by atoms with Gasteiger partial charge in [-0.25, -0.2) is 0 Å². The van der Waals surface area contributed by atoms with Crippen molar-refractivity contribution in [3.05, 3.63) is 59.7 Å². The van der Waals surface area contributed by atoms with Crippen LogP contribution in [0, 0.1) is 6.92 Å². The van der Waals surface area contributed by atoms with Gasteiger partial charge in [0.2, 0.25) is 11.8 Å². The maximum Gasteiger partial charge on any atom is 0.243 e. The molecule has 138 valence electrons. The van der Waals surface area contributed by atoms with Crippen LogP contribution in [-0.2, 0) is 16.0 Å². The van der Waals surface area contributed by atoms with Crippen molar-refractivity contribution in [1.82, 2.24) is 5.32 Å². The zero-order valence-corrected chi connectivity index (χ0v) is 15.7. The van der Waals surface area contributed by atoms with E-state index in [-0.39, 0.29) is 24.8 Å². The van der Waals surface area contributed by atoms with E-state index in [0.717, 1.165) is 35.6 Å². The molecule has 0 bridgehead atoms. The third-order valence-electron chi connectivity index (χ3n) is 4.27. The highest BCUT2D eigenvalue weighted by Crippen LogP contribution is 2.22. The molecular formula is C21H27N3O2. The molecule has 0 atom stereocenters. The summed E-state index contributed by atoms with van der Waals surface area (Å²) < 4.78 is 0. The van der Waals surface area contributed by atoms with E-state index in [1.807, 2.05) is 49.4 Å². The molecule has 26 heavy (non-hydrogen) atoms. The summed E-state index contributed by atoms with van der Waals surface area (Å²) >= 11 is 0. The Bertz CT molecular complexity index is 740. The fourth-order valence-corrected chi connectivity index (χ4v) is 2.79. The van der Waals surface area contributed by atoms with Crippen LogP contribution in [0.25, 0.3) is 0 Å². The van der Waals surface area contributed by atoms with Gasteiger partial charge in [0.25, 0.3) is 0 Å². The van der Waals surface area contributed by atoms with E-state index in [1.54, 1.807) is 0 Å². The predicted molar refractivity (Wildman–Crippen MR) is 107 cm³/mol. The number of hydrogen-bond acceptors (Lipinski definition) is 3. The summed E-state index contributed by atoms with van der Waals surface area (Å²) in [6.45, 7) is 8.04. The Morgan fingerprint density at radius 3 is 2.27 bits per heavy atom. The van der Waals surface area contributed by atoms with Gasteiger partial charge in [-0.3, -0.25) is 9.59 Å². The van der Waals surface area contributed by atoms with Crippen LogP contribution in [0.1, 0.15) is 25.0 Å². The molecule has 2 aromatic rings. The highest BCUT2D eigenvalue weighted by atomic mass is 16.2. The van der Waals surface area contributed by atoms with Gasteiger partial charge in [0.15, 0.2) is 0 Å². The van der Waals surface area contributed by atoms with Gasteiger partial charge in [0, 0.05) is 24.5 Å². The van der Waals surface area contributed by atoms with Gasteiger partial charge in [-0.05, 0) is 50.1 Å². The minimum atomic E-state index is -0.231. The third kappa shape index (κ3) is 5.62. The summed E-state index contributed by atoms with van der Waals surface area (Å²) in [5, 5.41) is 5.52. The summed E-state index contributed by atoms with van der Waals surface area (Å²) in [5.74, 6) is -0.398. The SMILES string of the molecule is CCN(CC)c1ccc(NC(=O)CNC(=O)Cc2ccccc2)c(C)c1. The zero-order chi connectivity index (χ0) is 18.9. The second-order valence-corrected chi connectivity index (χ2v) is 6.16. The zero-order valence-electron chi connectivity index (χ0n) is 15.7. The first kappa shape index (κ1) is 19.5. The summed E-state index contributed by atoms with van der Waals surface area (Å²) in [6.07, 6.45) is 0.270. The van der Waals surface area contributed by atoms with Crippen LogP contribution < -0.4 is 15.5 Å². The largest absolute Gasteiger partial charge is 0.372 e. The van der Waals surface area contributed by atoms with Crippen LogP contribution in [0.15, 0.2) is 48.5 Å². The number of anilines is 2. The first-order valence-electron chi connectivity index (χ1n) is 8.99. The van der Waals surface area contributed by atoms with Crippen LogP contribution in [0.5, 0.6) is 0 Å². The molecule has 0 saturated carbocycles. The fourth-order valence-electron chi connectivity index (χ4n) is 2.79. The van der Waals surface area contributed by atoms with Gasteiger partial charge in [0.1, 0.15) is 0 Å². The maximum absolute atomic E-state index is 12.1. The van der Waals surface area contributed by atoms with Gasteiger partial charge in [-0.15, -0.1) is 0 Å². The molecule has 0 aliphatic rings. The average molecular weight is 353 g/mol. The lowest BCUT2D eigenvalue weighted by Gasteiger charge is -2.22. The standard InChI is InChI=1S/C21H27N3O2/c1-4-24(5-2)18-11-12-19(16(3)13-18)23-21(26)15-22-20(25)14-17-9-7-6-8-10-17/h6-13H,4-5,14-15H2,1-3H3,(H,22,25)(H,23,26). The molecule has 0 heterocycles. The molecule has 5 nitrogen and oxygen atoms in total. The predicted octanol–water partition coefficient (Wildman–Crippen LogP) is 3.14. The molecular weight excluding hydrogens is 326 g/mol. The van der Waals surface area contributed by atoms with Crippen molar-refractivity contribution in [2.45, 2.75) is 27.2 Å². The quantitative estimate of drug-likeness (QED) is 0.766. The minimum absolute atomic E-state index is 0.0388. The summed E-state index contributed by atoms with van der Waals surface area (Å²) in [6, 6.07) is 15.4. The Morgan fingerprint density at radius 1 is 0.962 bits per heavy atom. The van der Waals surface area contributed by atoms with Crippen molar-refractivity contribution < 1.29 is 9.59 Å². The van der Waals surface area contributed by atoms with E-state index in [0.29, 0.717) is 0 Å². The van der Waals surface area contributed by atoms with Gasteiger partial charge in [0.05, 0.1) is 13.0 Å². The number of carbonyl (C=O) groups is 2. The summed E-state index contributed by atoms with van der Waals surface area (Å²) in [4.78, 5) is 26.3. The fraction of sp³-hybridized carbons (Fsp3) is 0.333. The Kier molecular flexibility index (Phi) is 7.21. The number of amides is 2. The topological polar surface area (TPSA) is 61.4 Å². The number of hydrogen-bond donors (Lipinski definition) is 2. The van der Waals surface area contributed by atoms with Gasteiger partial charge < -0.3 is 15.5 Å². The Labute approximate surface area is 155 Å². The molecule has 0 fully saturated rings. The summed E-state index contributed by atoms with van der Waals surface area (Å²) in [7, 11) is 0. The highest BCUT2D eigenvalue weighted by molar-refractivity contribution is 5.95. The van der Waals surface area contributed by atoms with Crippen molar-refractivity contribution in [1.29, 1.82) is 0 Å². The minimum Gasteiger partial charge on any atom is -0.372 e. The second-order valence-electron chi connectivity index (χ2n) is 6.16. The molecule has 2 aromatic carbocycles. The molecule has 2 N–H and O–H groups in total. The third-order valence-corrected chi connectivity index (χ3v) is 4.27. The first-order chi connectivity index (χ1) is 12.5. The van der Waals surface area contributed by atoms with Gasteiger partial charge in [-0.2, -0.15) is 0 Å². The van der Waals surface area contributed by atoms with Crippen LogP contribution >= 0.6 is 0 Å². The first-order valence-corrected chi connectivity index (χ1v) is 8.99. The number of rotatable bonds is 8. The van der Waals surface area contributed by atoms with Crippen LogP contribution in [0.2, 0.25) is 0 Å². The van der Waals surface area contributed by atoms with Crippen molar-refractivity contribution in [3.63, 3.8) is 0 Å². The Hall–Kier alpha value is -2.82. The van der Waals surface area contributed by atoms with Crippen molar-refractivity contribution in [2.75, 3.05) is 29.9 Å². The van der Waals surface area contributed by atoms with E-state index in [4.69, 9.17) is 0 Å². The maximum atomic E-state index is 12.1. The molecule has 0 unspecified atom stereocenters. The normalized spacial score (nSPS) is 10.3. The smallest absolute Gasteiger partial charge is 0.243 e. The number of nitrogens with zero attached hydrogens (tertiary/aromatic N) is 1. The molecule has 2 amide bonds. The molecule has 2 rings (SSSR count). The van der Waals surface area contributed by atoms with Crippen molar-refractivity contribution in [2.24, 2.45) is 0 Å².